The summed E-state index contributed by atoms with van der Waals surface area (Å²) in [5.74, 6) is 0.535. The fraction of sp³-hybridized carbons (Fsp3) is 0.556. The van der Waals surface area contributed by atoms with Crippen LogP contribution >= 0.6 is 0 Å². The molecule has 5 heteroatoms. The van der Waals surface area contributed by atoms with E-state index in [2.05, 4.69) is 29.3 Å². The van der Waals surface area contributed by atoms with Crippen molar-refractivity contribution < 1.29 is 9.59 Å². The predicted molar refractivity (Wildman–Crippen MR) is 91.2 cm³/mol. The minimum absolute atomic E-state index is 0.0654. The molecule has 2 amide bonds. The molecule has 1 aliphatic heterocycles. The molecule has 0 unspecified atom stereocenters. The van der Waals surface area contributed by atoms with Crippen molar-refractivity contribution in [2.45, 2.75) is 26.2 Å². The van der Waals surface area contributed by atoms with E-state index >= 15 is 0 Å². The number of hydrogen-bond donors (Lipinski definition) is 1. The zero-order chi connectivity index (χ0) is 16.7. The highest BCUT2D eigenvalue weighted by molar-refractivity contribution is 5.78. The second kappa shape index (κ2) is 8.67. The van der Waals surface area contributed by atoms with Crippen LogP contribution in [0.3, 0.4) is 0 Å². The maximum Gasteiger partial charge on any atom is 0.234 e. The van der Waals surface area contributed by atoms with Gasteiger partial charge in [-0.25, -0.2) is 0 Å². The number of nitrogens with one attached hydrogen (secondary N) is 1. The molecule has 1 N–H and O–H groups in total. The van der Waals surface area contributed by atoms with Crippen molar-refractivity contribution in [1.29, 1.82) is 0 Å². The van der Waals surface area contributed by atoms with Crippen molar-refractivity contribution in [3.63, 3.8) is 0 Å². The van der Waals surface area contributed by atoms with Crippen molar-refractivity contribution in [1.82, 2.24) is 15.1 Å². The average molecular weight is 317 g/mol. The van der Waals surface area contributed by atoms with Gasteiger partial charge in [-0.05, 0) is 12.0 Å². The normalized spacial score (nSPS) is 16.9. The van der Waals surface area contributed by atoms with Crippen LogP contribution in [0.1, 0.15) is 31.7 Å². The number of hydrogen-bond acceptors (Lipinski definition) is 3. The Morgan fingerprint density at radius 1 is 1.13 bits per heavy atom. The van der Waals surface area contributed by atoms with E-state index in [-0.39, 0.29) is 11.8 Å². The first-order chi connectivity index (χ1) is 11.1. The fourth-order valence-electron chi connectivity index (χ4n) is 2.94. The van der Waals surface area contributed by atoms with Crippen LogP contribution in [0.15, 0.2) is 30.3 Å². The summed E-state index contributed by atoms with van der Waals surface area (Å²) in [6.45, 7) is 7.78. The van der Waals surface area contributed by atoms with Gasteiger partial charge in [0.25, 0.3) is 0 Å². The van der Waals surface area contributed by atoms with Crippen LogP contribution in [-0.4, -0.2) is 60.9 Å². The van der Waals surface area contributed by atoms with Gasteiger partial charge in [0.05, 0.1) is 6.54 Å². The van der Waals surface area contributed by atoms with Crippen molar-refractivity contribution in [2.24, 2.45) is 0 Å². The van der Waals surface area contributed by atoms with Gasteiger partial charge in [-0.3, -0.25) is 14.5 Å². The quantitative estimate of drug-likeness (QED) is 0.864. The van der Waals surface area contributed by atoms with Crippen LogP contribution in [0.5, 0.6) is 0 Å². The molecule has 1 aromatic rings. The SMILES string of the molecule is CC[C@@H](CNC(=O)CN1CCN(C(C)=O)CC1)c1ccccc1. The van der Waals surface area contributed by atoms with E-state index in [0.29, 0.717) is 32.1 Å². The van der Waals surface area contributed by atoms with Crippen LogP contribution in [-0.2, 0) is 9.59 Å². The Morgan fingerprint density at radius 2 is 1.78 bits per heavy atom. The monoisotopic (exact) mass is 317 g/mol. The zero-order valence-corrected chi connectivity index (χ0v) is 14.1. The zero-order valence-electron chi connectivity index (χ0n) is 14.1. The summed E-state index contributed by atoms with van der Waals surface area (Å²) in [5, 5.41) is 3.05. The van der Waals surface area contributed by atoms with Gasteiger partial charge < -0.3 is 10.2 Å². The molecule has 0 spiro atoms. The number of nitrogens with zero attached hydrogens (tertiary/aromatic N) is 2. The summed E-state index contributed by atoms with van der Waals surface area (Å²) >= 11 is 0. The minimum Gasteiger partial charge on any atom is -0.354 e. The van der Waals surface area contributed by atoms with Gasteiger partial charge in [0, 0.05) is 45.6 Å². The molecule has 0 aliphatic carbocycles. The van der Waals surface area contributed by atoms with Crippen LogP contribution in [0, 0.1) is 0 Å². The number of rotatable bonds is 6. The summed E-state index contributed by atoms with van der Waals surface area (Å²) in [4.78, 5) is 27.4. The fourth-order valence-corrected chi connectivity index (χ4v) is 2.94. The predicted octanol–water partition coefficient (Wildman–Crippen LogP) is 1.46. The lowest BCUT2D eigenvalue weighted by Gasteiger charge is -2.33. The highest BCUT2D eigenvalue weighted by atomic mass is 16.2. The van der Waals surface area contributed by atoms with Crippen molar-refractivity contribution in [3.05, 3.63) is 35.9 Å². The van der Waals surface area contributed by atoms with Crippen LogP contribution in [0.2, 0.25) is 0 Å². The molecule has 1 fully saturated rings. The number of carbonyl (C=O) groups excluding carboxylic acids is 2. The van der Waals surface area contributed by atoms with Gasteiger partial charge in [0.1, 0.15) is 0 Å². The van der Waals surface area contributed by atoms with E-state index in [1.54, 1.807) is 6.92 Å². The number of piperazine rings is 1. The molecule has 0 aromatic heterocycles. The Labute approximate surface area is 138 Å². The maximum absolute atomic E-state index is 12.1. The first-order valence-electron chi connectivity index (χ1n) is 8.39. The number of benzene rings is 1. The molecule has 5 nitrogen and oxygen atoms in total. The van der Waals surface area contributed by atoms with E-state index in [9.17, 15) is 9.59 Å². The second-order valence-electron chi connectivity index (χ2n) is 6.10. The Bertz CT molecular complexity index is 510. The highest BCUT2D eigenvalue weighted by Gasteiger charge is 2.20. The summed E-state index contributed by atoms with van der Waals surface area (Å²) in [7, 11) is 0. The van der Waals surface area contributed by atoms with E-state index in [0.717, 1.165) is 19.5 Å². The summed E-state index contributed by atoms with van der Waals surface area (Å²) in [6.07, 6.45) is 1.00. The molecule has 1 heterocycles. The summed E-state index contributed by atoms with van der Waals surface area (Å²) < 4.78 is 0. The molecular formula is C18H27N3O2. The van der Waals surface area contributed by atoms with Crippen LogP contribution in [0.25, 0.3) is 0 Å². The third-order valence-electron chi connectivity index (χ3n) is 4.49. The molecule has 126 valence electrons. The van der Waals surface area contributed by atoms with Gasteiger partial charge in [0.2, 0.25) is 11.8 Å². The lowest BCUT2D eigenvalue weighted by Crippen LogP contribution is -2.50. The standard InChI is InChI=1S/C18H27N3O2/c1-3-16(17-7-5-4-6-8-17)13-19-18(23)14-20-9-11-21(12-10-20)15(2)22/h4-8,16H,3,9-14H2,1-2H3,(H,19,23)/t16-/m0/s1. The molecule has 2 rings (SSSR count). The molecule has 1 aliphatic rings. The molecular weight excluding hydrogens is 290 g/mol. The third kappa shape index (κ3) is 5.36. The highest BCUT2D eigenvalue weighted by Crippen LogP contribution is 2.17. The lowest BCUT2D eigenvalue weighted by molar-refractivity contribution is -0.131. The Kier molecular flexibility index (Phi) is 6.59. The largest absolute Gasteiger partial charge is 0.354 e. The first kappa shape index (κ1) is 17.5. The summed E-state index contributed by atoms with van der Waals surface area (Å²) in [6, 6.07) is 10.3. The second-order valence-corrected chi connectivity index (χ2v) is 6.10. The first-order valence-corrected chi connectivity index (χ1v) is 8.39. The summed E-state index contributed by atoms with van der Waals surface area (Å²) in [5.41, 5.74) is 1.27. The maximum atomic E-state index is 12.1. The van der Waals surface area contributed by atoms with Crippen LogP contribution < -0.4 is 5.32 Å². The van der Waals surface area contributed by atoms with E-state index < -0.39 is 0 Å². The molecule has 0 saturated carbocycles. The van der Waals surface area contributed by atoms with Crippen LogP contribution in [0.4, 0.5) is 0 Å². The van der Waals surface area contributed by atoms with Gasteiger partial charge in [-0.2, -0.15) is 0 Å². The van der Waals surface area contributed by atoms with Crippen molar-refractivity contribution in [3.8, 4) is 0 Å². The number of carbonyl (C=O) groups is 2. The average Bonchev–Trinajstić information content (AvgIpc) is 2.57. The molecule has 0 radical (unpaired) electrons. The Hall–Kier alpha value is -1.88. The number of amides is 2. The molecule has 1 aromatic carbocycles. The van der Waals surface area contributed by atoms with Gasteiger partial charge in [0.15, 0.2) is 0 Å². The molecule has 1 atom stereocenters. The molecule has 1 saturated heterocycles. The van der Waals surface area contributed by atoms with Gasteiger partial charge >= 0.3 is 0 Å². The molecule has 0 bridgehead atoms. The lowest BCUT2D eigenvalue weighted by atomic mass is 9.96. The Morgan fingerprint density at radius 3 is 2.35 bits per heavy atom. The Balaban J connectivity index is 1.74. The third-order valence-corrected chi connectivity index (χ3v) is 4.49. The van der Waals surface area contributed by atoms with Gasteiger partial charge in [-0.1, -0.05) is 37.3 Å². The minimum atomic E-state index is 0.0654. The van der Waals surface area contributed by atoms with E-state index in [1.165, 1.54) is 5.56 Å². The van der Waals surface area contributed by atoms with E-state index in [1.807, 2.05) is 23.1 Å². The topological polar surface area (TPSA) is 52.7 Å². The van der Waals surface area contributed by atoms with Gasteiger partial charge in [-0.15, -0.1) is 0 Å². The smallest absolute Gasteiger partial charge is 0.234 e. The van der Waals surface area contributed by atoms with Crippen molar-refractivity contribution in [2.75, 3.05) is 39.3 Å². The van der Waals surface area contributed by atoms with E-state index in [4.69, 9.17) is 0 Å². The van der Waals surface area contributed by atoms with Crippen molar-refractivity contribution >= 4 is 11.8 Å². The molecule has 23 heavy (non-hydrogen) atoms.